The quantitative estimate of drug-likeness (QED) is 0.660. The van der Waals surface area contributed by atoms with E-state index in [1.165, 1.54) is 0 Å². The number of rotatable bonds is 6. The third-order valence-electron chi connectivity index (χ3n) is 2.69. The van der Waals surface area contributed by atoms with E-state index in [9.17, 15) is 0 Å². The van der Waals surface area contributed by atoms with E-state index in [1.807, 2.05) is 0 Å². The van der Waals surface area contributed by atoms with Crippen LogP contribution in [0.15, 0.2) is 0 Å². The Bertz CT molecular complexity index is 411. The molecule has 0 fully saturated rings. The molecule has 110 valence electrons. The highest BCUT2D eigenvalue weighted by Crippen LogP contribution is 2.53. The molecule has 0 saturated heterocycles. The van der Waals surface area contributed by atoms with E-state index in [0.717, 1.165) is 37.9 Å². The summed E-state index contributed by atoms with van der Waals surface area (Å²) in [6, 6.07) is 0. The van der Waals surface area contributed by atoms with E-state index >= 15 is 0 Å². The molecule has 0 atom stereocenters. The zero-order chi connectivity index (χ0) is 14.7. The van der Waals surface area contributed by atoms with Crippen LogP contribution in [-0.2, 0) is 17.3 Å². The minimum atomic E-state index is -1.87. The first-order chi connectivity index (χ1) is 8.75. The summed E-state index contributed by atoms with van der Waals surface area (Å²) in [7, 11) is 0. The number of halogens is 5. The van der Waals surface area contributed by atoms with E-state index in [2.05, 4.69) is 24.2 Å². The zero-order valence-electron chi connectivity index (χ0n) is 10.8. The fourth-order valence-corrected chi connectivity index (χ4v) is 2.26. The number of aryl methyl sites for hydroxylation is 1. The first-order valence-corrected chi connectivity index (χ1v) is 8.02. The van der Waals surface area contributed by atoms with Gasteiger partial charge in [-0.2, -0.15) is 0 Å². The van der Waals surface area contributed by atoms with Gasteiger partial charge in [-0.1, -0.05) is 83.5 Å². The average Bonchev–Trinajstić information content (AvgIpc) is 2.69. The standard InChI is InChI=1S/C11H16Cl5N3/c1-3-5-6-8-9(10(12,13)11(14,15)16)17-18-19(8)7-4-2/h3-7H2,1-2H3. The fourth-order valence-electron chi connectivity index (χ4n) is 1.69. The van der Waals surface area contributed by atoms with Gasteiger partial charge in [0.15, 0.2) is 0 Å². The summed E-state index contributed by atoms with van der Waals surface area (Å²) in [4.78, 5) is 0. The first-order valence-electron chi connectivity index (χ1n) is 6.13. The number of aromatic nitrogens is 3. The third kappa shape index (κ3) is 4.04. The molecule has 1 aromatic heterocycles. The summed E-state index contributed by atoms with van der Waals surface area (Å²) in [6.45, 7) is 4.88. The van der Waals surface area contributed by atoms with Crippen LogP contribution in [0, 0.1) is 0 Å². The molecular formula is C11H16Cl5N3. The SMILES string of the molecule is CCCCc1c(C(Cl)(Cl)C(Cl)(Cl)Cl)nnn1CCC. The number of hydrogen-bond donors (Lipinski definition) is 0. The van der Waals surface area contributed by atoms with Crippen molar-refractivity contribution in [3.8, 4) is 0 Å². The van der Waals surface area contributed by atoms with Crippen LogP contribution in [0.5, 0.6) is 0 Å². The van der Waals surface area contributed by atoms with Crippen LogP contribution in [0.3, 0.4) is 0 Å². The van der Waals surface area contributed by atoms with Crippen molar-refractivity contribution in [3.05, 3.63) is 11.4 Å². The largest absolute Gasteiger partial charge is 0.249 e. The van der Waals surface area contributed by atoms with Gasteiger partial charge in [0.25, 0.3) is 0 Å². The maximum Gasteiger partial charge on any atom is 0.228 e. The molecule has 0 aliphatic rings. The lowest BCUT2D eigenvalue weighted by Crippen LogP contribution is -2.30. The molecule has 0 unspecified atom stereocenters. The van der Waals surface area contributed by atoms with Gasteiger partial charge in [-0.25, -0.2) is 4.68 Å². The topological polar surface area (TPSA) is 30.7 Å². The lowest BCUT2D eigenvalue weighted by Gasteiger charge is -2.26. The molecule has 0 bridgehead atoms. The van der Waals surface area contributed by atoms with Gasteiger partial charge >= 0.3 is 0 Å². The number of alkyl halides is 5. The van der Waals surface area contributed by atoms with Gasteiger partial charge in [0.2, 0.25) is 8.13 Å². The zero-order valence-corrected chi connectivity index (χ0v) is 14.5. The highest BCUT2D eigenvalue weighted by molar-refractivity contribution is 6.75. The molecule has 0 aliphatic carbocycles. The summed E-state index contributed by atoms with van der Waals surface area (Å²) < 4.78 is -1.81. The first kappa shape index (κ1) is 17.6. The van der Waals surface area contributed by atoms with E-state index < -0.39 is 8.13 Å². The van der Waals surface area contributed by atoms with E-state index in [-0.39, 0.29) is 0 Å². The minimum absolute atomic E-state index is 0.331. The second kappa shape index (κ2) is 7.04. The molecule has 0 aromatic carbocycles. The number of nitrogens with zero attached hydrogens (tertiary/aromatic N) is 3. The summed E-state index contributed by atoms with van der Waals surface area (Å²) in [5.74, 6) is 0. The monoisotopic (exact) mass is 365 g/mol. The number of hydrogen-bond acceptors (Lipinski definition) is 2. The Morgan fingerprint density at radius 2 is 1.68 bits per heavy atom. The second-order valence-corrected chi connectivity index (χ2v) is 7.89. The summed E-state index contributed by atoms with van der Waals surface area (Å²) in [6.07, 6.45) is 3.67. The number of unbranched alkanes of at least 4 members (excludes halogenated alkanes) is 1. The van der Waals surface area contributed by atoms with Crippen molar-refractivity contribution in [1.29, 1.82) is 0 Å². The van der Waals surface area contributed by atoms with Gasteiger partial charge in [-0.05, 0) is 19.3 Å². The lowest BCUT2D eigenvalue weighted by atomic mass is 10.1. The average molecular weight is 368 g/mol. The molecule has 8 heteroatoms. The summed E-state index contributed by atoms with van der Waals surface area (Å²) in [5, 5.41) is 8.08. The lowest BCUT2D eigenvalue weighted by molar-refractivity contribution is 0.548. The van der Waals surface area contributed by atoms with Crippen molar-refractivity contribution in [2.75, 3.05) is 0 Å². The van der Waals surface area contributed by atoms with Gasteiger partial charge in [0, 0.05) is 6.54 Å². The molecular weight excluding hydrogens is 351 g/mol. The van der Waals surface area contributed by atoms with Crippen LogP contribution in [0.1, 0.15) is 44.5 Å². The van der Waals surface area contributed by atoms with Gasteiger partial charge in [0.05, 0.1) is 5.69 Å². The molecule has 19 heavy (non-hydrogen) atoms. The highest BCUT2D eigenvalue weighted by Gasteiger charge is 2.51. The molecule has 0 spiro atoms. The van der Waals surface area contributed by atoms with Crippen molar-refractivity contribution < 1.29 is 0 Å². The van der Waals surface area contributed by atoms with Crippen LogP contribution >= 0.6 is 58.0 Å². The van der Waals surface area contributed by atoms with Crippen LogP contribution < -0.4 is 0 Å². The molecule has 3 nitrogen and oxygen atoms in total. The van der Waals surface area contributed by atoms with Crippen molar-refractivity contribution in [2.24, 2.45) is 0 Å². The van der Waals surface area contributed by atoms with Crippen molar-refractivity contribution >= 4 is 58.0 Å². The van der Waals surface area contributed by atoms with Crippen molar-refractivity contribution in [3.63, 3.8) is 0 Å². The van der Waals surface area contributed by atoms with Crippen LogP contribution in [-0.4, -0.2) is 18.8 Å². The van der Waals surface area contributed by atoms with Crippen LogP contribution in [0.4, 0.5) is 0 Å². The predicted octanol–water partition coefficient (Wildman–Crippen LogP) is 5.03. The Morgan fingerprint density at radius 1 is 1.05 bits per heavy atom. The molecule has 1 rings (SSSR count). The Balaban J connectivity index is 3.19. The Morgan fingerprint density at radius 3 is 2.16 bits per heavy atom. The van der Waals surface area contributed by atoms with E-state index in [1.54, 1.807) is 4.68 Å². The Hall–Kier alpha value is 0.590. The molecule has 0 radical (unpaired) electrons. The van der Waals surface area contributed by atoms with Crippen molar-refractivity contribution in [2.45, 2.75) is 54.2 Å². The van der Waals surface area contributed by atoms with Gasteiger partial charge in [-0.3, -0.25) is 0 Å². The van der Waals surface area contributed by atoms with Crippen molar-refractivity contribution in [1.82, 2.24) is 15.0 Å². The smallest absolute Gasteiger partial charge is 0.228 e. The predicted molar refractivity (Wildman–Crippen MR) is 82.6 cm³/mol. The maximum atomic E-state index is 6.19. The van der Waals surface area contributed by atoms with Gasteiger partial charge in [0.1, 0.15) is 5.69 Å². The van der Waals surface area contributed by atoms with E-state index in [4.69, 9.17) is 58.0 Å². The maximum absolute atomic E-state index is 6.19. The normalized spacial score (nSPS) is 13.0. The molecule has 0 aliphatic heterocycles. The second-order valence-electron chi connectivity index (χ2n) is 4.28. The fraction of sp³-hybridized carbons (Fsp3) is 0.818. The molecule has 0 amide bonds. The Kier molecular flexibility index (Phi) is 6.53. The third-order valence-corrected chi connectivity index (χ3v) is 5.05. The van der Waals surface area contributed by atoms with Crippen LogP contribution in [0.25, 0.3) is 0 Å². The minimum Gasteiger partial charge on any atom is -0.249 e. The molecule has 0 saturated carbocycles. The Labute approximate surface area is 138 Å². The van der Waals surface area contributed by atoms with Gasteiger partial charge in [-0.15, -0.1) is 5.10 Å². The summed E-state index contributed by atoms with van der Waals surface area (Å²) in [5.41, 5.74) is 1.16. The summed E-state index contributed by atoms with van der Waals surface area (Å²) >= 11 is 29.9. The van der Waals surface area contributed by atoms with Gasteiger partial charge < -0.3 is 0 Å². The highest BCUT2D eigenvalue weighted by atomic mass is 35.6. The molecule has 1 heterocycles. The van der Waals surface area contributed by atoms with Crippen LogP contribution in [0.2, 0.25) is 0 Å². The molecule has 1 aromatic rings. The molecule has 0 N–H and O–H groups in total. The van der Waals surface area contributed by atoms with E-state index in [0.29, 0.717) is 5.69 Å².